The van der Waals surface area contributed by atoms with Gasteiger partial charge in [-0.05, 0) is 30.5 Å². The number of ether oxygens (including phenoxy) is 1. The molecule has 0 radical (unpaired) electrons. The molecule has 2 amide bonds. The lowest BCUT2D eigenvalue weighted by Gasteiger charge is -2.21. The van der Waals surface area contributed by atoms with Crippen LogP contribution in [0.25, 0.3) is 0 Å². The second-order valence-electron chi connectivity index (χ2n) is 6.09. The number of rotatable bonds is 7. The molecule has 1 aromatic rings. The molecular weight excluding hydrogens is 292 g/mol. The van der Waals surface area contributed by atoms with Crippen molar-refractivity contribution < 1.29 is 14.3 Å². The Morgan fingerprint density at radius 2 is 1.87 bits per heavy atom. The van der Waals surface area contributed by atoms with Crippen LogP contribution in [0.15, 0.2) is 24.3 Å². The minimum absolute atomic E-state index is 0.0190. The molecule has 1 aromatic carbocycles. The molecule has 5 nitrogen and oxygen atoms in total. The molecular formula is C18H26N2O3. The standard InChI is InChI=1S/C18H26N2O3/c1-14(21)20(13-15-7-9-17(23-2)10-8-15)12-11-18(22)19-16-5-3-4-6-16/h7-10,16H,3-6,11-13H2,1-2H3,(H,19,22). The molecule has 1 fully saturated rings. The summed E-state index contributed by atoms with van der Waals surface area (Å²) in [5.74, 6) is 0.812. The lowest BCUT2D eigenvalue weighted by atomic mass is 10.2. The first-order chi connectivity index (χ1) is 11.1. The molecule has 0 saturated heterocycles. The Bertz CT molecular complexity index is 522. The fourth-order valence-corrected chi connectivity index (χ4v) is 2.91. The summed E-state index contributed by atoms with van der Waals surface area (Å²) in [7, 11) is 1.62. The van der Waals surface area contributed by atoms with E-state index in [0.717, 1.165) is 24.2 Å². The van der Waals surface area contributed by atoms with Crippen molar-refractivity contribution in [2.75, 3.05) is 13.7 Å². The van der Waals surface area contributed by atoms with Gasteiger partial charge < -0.3 is 15.0 Å². The quantitative estimate of drug-likeness (QED) is 0.840. The fraction of sp³-hybridized carbons (Fsp3) is 0.556. The third-order valence-corrected chi connectivity index (χ3v) is 4.31. The number of hydrogen-bond acceptors (Lipinski definition) is 3. The summed E-state index contributed by atoms with van der Waals surface area (Å²) in [6, 6.07) is 7.96. The largest absolute Gasteiger partial charge is 0.497 e. The highest BCUT2D eigenvalue weighted by Crippen LogP contribution is 2.18. The van der Waals surface area contributed by atoms with Crippen molar-refractivity contribution in [3.63, 3.8) is 0 Å². The third-order valence-electron chi connectivity index (χ3n) is 4.31. The molecule has 1 saturated carbocycles. The van der Waals surface area contributed by atoms with Gasteiger partial charge in [0.25, 0.3) is 0 Å². The molecule has 23 heavy (non-hydrogen) atoms. The Morgan fingerprint density at radius 1 is 1.22 bits per heavy atom. The SMILES string of the molecule is COc1ccc(CN(CCC(=O)NC2CCCC2)C(C)=O)cc1. The van der Waals surface area contributed by atoms with Gasteiger partial charge in [-0.2, -0.15) is 0 Å². The van der Waals surface area contributed by atoms with Gasteiger partial charge in [0.1, 0.15) is 5.75 Å². The van der Waals surface area contributed by atoms with Gasteiger partial charge >= 0.3 is 0 Å². The Hall–Kier alpha value is -2.04. The first-order valence-corrected chi connectivity index (χ1v) is 8.26. The molecule has 1 N–H and O–H groups in total. The average molecular weight is 318 g/mol. The van der Waals surface area contributed by atoms with Crippen molar-refractivity contribution in [1.29, 1.82) is 0 Å². The van der Waals surface area contributed by atoms with Gasteiger partial charge in [0.15, 0.2) is 0 Å². The lowest BCUT2D eigenvalue weighted by molar-refractivity contribution is -0.130. The molecule has 5 heteroatoms. The second-order valence-corrected chi connectivity index (χ2v) is 6.09. The van der Waals surface area contributed by atoms with E-state index in [2.05, 4.69) is 5.32 Å². The van der Waals surface area contributed by atoms with Gasteiger partial charge in [0, 0.05) is 32.5 Å². The number of amides is 2. The smallest absolute Gasteiger partial charge is 0.221 e. The van der Waals surface area contributed by atoms with Crippen LogP contribution in [0.2, 0.25) is 0 Å². The minimum Gasteiger partial charge on any atom is -0.497 e. The van der Waals surface area contributed by atoms with Crippen molar-refractivity contribution in [2.24, 2.45) is 0 Å². The van der Waals surface area contributed by atoms with E-state index in [0.29, 0.717) is 25.6 Å². The summed E-state index contributed by atoms with van der Waals surface area (Å²) in [5.41, 5.74) is 1.03. The number of methoxy groups -OCH3 is 1. The molecule has 0 heterocycles. The lowest BCUT2D eigenvalue weighted by Crippen LogP contribution is -2.36. The number of nitrogens with zero attached hydrogens (tertiary/aromatic N) is 1. The number of nitrogens with one attached hydrogen (secondary N) is 1. The topological polar surface area (TPSA) is 58.6 Å². The maximum atomic E-state index is 12.0. The van der Waals surface area contributed by atoms with Gasteiger partial charge in [0.05, 0.1) is 7.11 Å². The highest BCUT2D eigenvalue weighted by molar-refractivity contribution is 5.78. The summed E-state index contributed by atoms with van der Waals surface area (Å²) in [6.07, 6.45) is 4.90. The van der Waals surface area contributed by atoms with Gasteiger partial charge in [-0.3, -0.25) is 9.59 Å². The van der Waals surface area contributed by atoms with Crippen molar-refractivity contribution >= 4 is 11.8 Å². The molecule has 1 aliphatic rings. The van der Waals surface area contributed by atoms with E-state index in [9.17, 15) is 9.59 Å². The second kappa shape index (κ2) is 8.56. The van der Waals surface area contributed by atoms with Crippen LogP contribution in [0.3, 0.4) is 0 Å². The summed E-state index contributed by atoms with van der Waals surface area (Å²) in [6.45, 7) is 2.49. The van der Waals surface area contributed by atoms with E-state index in [4.69, 9.17) is 4.74 Å². The number of hydrogen-bond donors (Lipinski definition) is 1. The van der Waals surface area contributed by atoms with E-state index in [-0.39, 0.29) is 11.8 Å². The van der Waals surface area contributed by atoms with Crippen LogP contribution in [-0.2, 0) is 16.1 Å². The molecule has 0 unspecified atom stereocenters. The van der Waals surface area contributed by atoms with Crippen LogP contribution in [-0.4, -0.2) is 36.4 Å². The van der Waals surface area contributed by atoms with Crippen LogP contribution in [0.1, 0.15) is 44.6 Å². The third kappa shape index (κ3) is 5.58. The monoisotopic (exact) mass is 318 g/mol. The van der Waals surface area contributed by atoms with E-state index in [1.165, 1.54) is 12.8 Å². The predicted octanol–water partition coefficient (Wildman–Crippen LogP) is 2.49. The van der Waals surface area contributed by atoms with E-state index < -0.39 is 0 Å². The number of carbonyl (C=O) groups is 2. The van der Waals surface area contributed by atoms with Gasteiger partial charge in [-0.25, -0.2) is 0 Å². The number of benzene rings is 1. The molecule has 0 aliphatic heterocycles. The average Bonchev–Trinajstić information content (AvgIpc) is 3.04. The van der Waals surface area contributed by atoms with Crippen LogP contribution in [0.4, 0.5) is 0 Å². The Balaban J connectivity index is 1.82. The number of carbonyl (C=O) groups excluding carboxylic acids is 2. The first kappa shape index (κ1) is 17.3. The van der Waals surface area contributed by atoms with Crippen LogP contribution in [0, 0.1) is 0 Å². The Kier molecular flexibility index (Phi) is 6.44. The van der Waals surface area contributed by atoms with E-state index in [1.807, 2.05) is 24.3 Å². The molecule has 0 bridgehead atoms. The molecule has 2 rings (SSSR count). The van der Waals surface area contributed by atoms with Crippen molar-refractivity contribution in [3.05, 3.63) is 29.8 Å². The predicted molar refractivity (Wildman–Crippen MR) is 89.1 cm³/mol. The minimum atomic E-state index is -0.0190. The zero-order chi connectivity index (χ0) is 16.7. The molecule has 0 spiro atoms. The highest BCUT2D eigenvalue weighted by atomic mass is 16.5. The Labute approximate surface area is 138 Å². The normalized spacial score (nSPS) is 14.5. The summed E-state index contributed by atoms with van der Waals surface area (Å²) in [4.78, 5) is 25.5. The summed E-state index contributed by atoms with van der Waals surface area (Å²) < 4.78 is 5.13. The first-order valence-electron chi connectivity index (χ1n) is 8.26. The maximum absolute atomic E-state index is 12.0. The van der Waals surface area contributed by atoms with Crippen LogP contribution in [0.5, 0.6) is 5.75 Å². The zero-order valence-electron chi connectivity index (χ0n) is 14.0. The van der Waals surface area contributed by atoms with Crippen molar-refractivity contribution in [3.8, 4) is 5.75 Å². The van der Waals surface area contributed by atoms with Gasteiger partial charge in [-0.15, -0.1) is 0 Å². The van der Waals surface area contributed by atoms with Crippen LogP contribution < -0.4 is 10.1 Å². The van der Waals surface area contributed by atoms with Gasteiger partial charge in [-0.1, -0.05) is 25.0 Å². The zero-order valence-corrected chi connectivity index (χ0v) is 14.0. The molecule has 1 aliphatic carbocycles. The van der Waals surface area contributed by atoms with E-state index >= 15 is 0 Å². The summed E-state index contributed by atoms with van der Waals surface area (Å²) >= 11 is 0. The Morgan fingerprint density at radius 3 is 2.43 bits per heavy atom. The molecule has 0 atom stereocenters. The van der Waals surface area contributed by atoms with E-state index in [1.54, 1.807) is 18.9 Å². The summed E-state index contributed by atoms with van der Waals surface area (Å²) in [5, 5.41) is 3.06. The van der Waals surface area contributed by atoms with Gasteiger partial charge in [0.2, 0.25) is 11.8 Å². The highest BCUT2D eigenvalue weighted by Gasteiger charge is 2.18. The van der Waals surface area contributed by atoms with Crippen molar-refractivity contribution in [1.82, 2.24) is 10.2 Å². The maximum Gasteiger partial charge on any atom is 0.221 e. The fourth-order valence-electron chi connectivity index (χ4n) is 2.91. The van der Waals surface area contributed by atoms with Crippen LogP contribution >= 0.6 is 0 Å². The molecule has 0 aromatic heterocycles. The van der Waals surface area contributed by atoms with Crippen molar-refractivity contribution in [2.45, 2.75) is 51.6 Å². The molecule has 126 valence electrons.